The zero-order valence-electron chi connectivity index (χ0n) is 12.0. The van der Waals surface area contributed by atoms with E-state index in [2.05, 4.69) is 51.2 Å². The number of rotatable bonds is 3. The molecule has 3 heteroatoms. The molecular weight excluding hydrogens is 326 g/mol. The van der Waals surface area contributed by atoms with Gasteiger partial charge in [0.1, 0.15) is 11.3 Å². The zero-order valence-corrected chi connectivity index (χ0v) is 13.6. The van der Waals surface area contributed by atoms with Crippen molar-refractivity contribution in [3.8, 4) is 0 Å². The number of halogens is 1. The van der Waals surface area contributed by atoms with E-state index < -0.39 is 0 Å². The monoisotopic (exact) mass is 341 g/mol. The molecule has 106 valence electrons. The van der Waals surface area contributed by atoms with E-state index in [1.54, 1.807) is 0 Å². The summed E-state index contributed by atoms with van der Waals surface area (Å²) >= 11 is 3.60. The topological polar surface area (TPSA) is 16.4 Å². The average molecular weight is 342 g/mol. The molecule has 0 aliphatic rings. The quantitative estimate of drug-likeness (QED) is 0.631. The SMILES string of the molecule is CN(C)c1ccc(C=Cc2oc3ccccc3c2Br)cc1. The van der Waals surface area contributed by atoms with E-state index in [1.165, 1.54) is 5.69 Å². The van der Waals surface area contributed by atoms with Gasteiger partial charge in [0.25, 0.3) is 0 Å². The lowest BCUT2D eigenvalue weighted by molar-refractivity contribution is 0.602. The number of anilines is 1. The van der Waals surface area contributed by atoms with Crippen LogP contribution in [0.15, 0.2) is 57.4 Å². The van der Waals surface area contributed by atoms with Gasteiger partial charge in [0, 0.05) is 25.2 Å². The molecule has 0 amide bonds. The maximum atomic E-state index is 5.84. The first-order valence-electron chi connectivity index (χ1n) is 6.77. The number of para-hydroxylation sites is 1. The summed E-state index contributed by atoms with van der Waals surface area (Å²) in [4.78, 5) is 2.09. The zero-order chi connectivity index (χ0) is 14.8. The molecule has 21 heavy (non-hydrogen) atoms. The van der Waals surface area contributed by atoms with Crippen molar-refractivity contribution in [2.45, 2.75) is 0 Å². The van der Waals surface area contributed by atoms with Crippen molar-refractivity contribution in [1.82, 2.24) is 0 Å². The van der Waals surface area contributed by atoms with Gasteiger partial charge < -0.3 is 9.32 Å². The molecule has 0 saturated carbocycles. The van der Waals surface area contributed by atoms with Crippen LogP contribution in [0.5, 0.6) is 0 Å². The minimum Gasteiger partial charge on any atom is -0.455 e. The van der Waals surface area contributed by atoms with Gasteiger partial charge in [0.15, 0.2) is 0 Å². The molecule has 0 atom stereocenters. The number of benzene rings is 2. The summed E-state index contributed by atoms with van der Waals surface area (Å²) in [6.45, 7) is 0. The number of hydrogen-bond acceptors (Lipinski definition) is 2. The van der Waals surface area contributed by atoms with Gasteiger partial charge in [-0.15, -0.1) is 0 Å². The third-order valence-electron chi connectivity index (χ3n) is 3.40. The predicted octanol–water partition coefficient (Wildman–Crippen LogP) is 5.43. The third kappa shape index (κ3) is 2.88. The van der Waals surface area contributed by atoms with E-state index in [0.717, 1.165) is 26.8 Å². The summed E-state index contributed by atoms with van der Waals surface area (Å²) < 4.78 is 6.84. The van der Waals surface area contributed by atoms with Gasteiger partial charge in [-0.05, 0) is 51.8 Å². The van der Waals surface area contributed by atoms with Crippen LogP contribution in [0.4, 0.5) is 5.69 Å². The van der Waals surface area contributed by atoms with Gasteiger partial charge in [0.2, 0.25) is 0 Å². The van der Waals surface area contributed by atoms with Crippen LogP contribution in [0.3, 0.4) is 0 Å². The van der Waals surface area contributed by atoms with Crippen molar-refractivity contribution in [3.63, 3.8) is 0 Å². The normalized spacial score (nSPS) is 11.4. The van der Waals surface area contributed by atoms with E-state index in [4.69, 9.17) is 4.42 Å². The Bertz CT molecular complexity index is 785. The lowest BCUT2D eigenvalue weighted by Crippen LogP contribution is -2.07. The van der Waals surface area contributed by atoms with Crippen LogP contribution in [-0.2, 0) is 0 Å². The molecule has 0 aliphatic heterocycles. The van der Waals surface area contributed by atoms with E-state index in [9.17, 15) is 0 Å². The summed E-state index contributed by atoms with van der Waals surface area (Å²) in [5.74, 6) is 0.841. The number of nitrogens with zero attached hydrogens (tertiary/aromatic N) is 1. The Hall–Kier alpha value is -2.00. The van der Waals surface area contributed by atoms with Gasteiger partial charge >= 0.3 is 0 Å². The fourth-order valence-corrected chi connectivity index (χ4v) is 2.74. The van der Waals surface area contributed by atoms with Gasteiger partial charge in [-0.25, -0.2) is 0 Å². The first kappa shape index (κ1) is 14.0. The van der Waals surface area contributed by atoms with E-state index >= 15 is 0 Å². The molecule has 2 nitrogen and oxygen atoms in total. The standard InChI is InChI=1S/C18H16BrNO/c1-20(2)14-10-7-13(8-11-14)9-12-17-18(19)15-5-3-4-6-16(15)21-17/h3-12H,1-2H3. The molecule has 1 heterocycles. The first-order chi connectivity index (χ1) is 10.1. The van der Waals surface area contributed by atoms with E-state index in [0.29, 0.717) is 0 Å². The molecule has 0 N–H and O–H groups in total. The maximum absolute atomic E-state index is 5.84. The van der Waals surface area contributed by atoms with Crippen molar-refractivity contribution in [2.75, 3.05) is 19.0 Å². The Morgan fingerprint density at radius 1 is 0.952 bits per heavy atom. The molecule has 0 aliphatic carbocycles. The van der Waals surface area contributed by atoms with Gasteiger partial charge in [-0.1, -0.05) is 30.3 Å². The Morgan fingerprint density at radius 2 is 1.67 bits per heavy atom. The van der Waals surface area contributed by atoms with Crippen LogP contribution in [-0.4, -0.2) is 14.1 Å². The molecule has 3 rings (SSSR count). The highest BCUT2D eigenvalue weighted by atomic mass is 79.9. The summed E-state index contributed by atoms with van der Waals surface area (Å²) in [7, 11) is 4.08. The fraction of sp³-hybridized carbons (Fsp3) is 0.111. The van der Waals surface area contributed by atoms with Crippen molar-refractivity contribution in [1.29, 1.82) is 0 Å². The van der Waals surface area contributed by atoms with Crippen LogP contribution in [0.25, 0.3) is 23.1 Å². The van der Waals surface area contributed by atoms with Gasteiger partial charge in [-0.3, -0.25) is 0 Å². The van der Waals surface area contributed by atoms with Crippen LogP contribution < -0.4 is 4.90 Å². The largest absolute Gasteiger partial charge is 0.455 e. The maximum Gasteiger partial charge on any atom is 0.142 e. The minimum atomic E-state index is 0.841. The predicted molar refractivity (Wildman–Crippen MR) is 93.6 cm³/mol. The molecule has 0 unspecified atom stereocenters. The number of hydrogen-bond donors (Lipinski definition) is 0. The molecule has 0 saturated heterocycles. The molecule has 3 aromatic rings. The Balaban J connectivity index is 1.89. The third-order valence-corrected chi connectivity index (χ3v) is 4.21. The van der Waals surface area contributed by atoms with E-state index in [1.807, 2.05) is 44.4 Å². The highest BCUT2D eigenvalue weighted by Crippen LogP contribution is 2.31. The number of fused-ring (bicyclic) bond motifs is 1. The van der Waals surface area contributed by atoms with Crippen molar-refractivity contribution in [3.05, 3.63) is 64.3 Å². The van der Waals surface area contributed by atoms with E-state index in [-0.39, 0.29) is 0 Å². The summed E-state index contributed by atoms with van der Waals surface area (Å²) in [6, 6.07) is 16.4. The van der Waals surface area contributed by atoms with Gasteiger partial charge in [-0.2, -0.15) is 0 Å². The minimum absolute atomic E-state index is 0.841. The van der Waals surface area contributed by atoms with Gasteiger partial charge in [0.05, 0.1) is 4.47 Å². The lowest BCUT2D eigenvalue weighted by atomic mass is 10.2. The average Bonchev–Trinajstić information content (AvgIpc) is 2.82. The second-order valence-corrected chi connectivity index (χ2v) is 5.89. The first-order valence-corrected chi connectivity index (χ1v) is 7.57. The number of furan rings is 1. The fourth-order valence-electron chi connectivity index (χ4n) is 2.20. The van der Waals surface area contributed by atoms with Crippen molar-refractivity contribution in [2.24, 2.45) is 0 Å². The van der Waals surface area contributed by atoms with Crippen molar-refractivity contribution < 1.29 is 4.42 Å². The van der Waals surface area contributed by atoms with Crippen LogP contribution in [0.1, 0.15) is 11.3 Å². The highest BCUT2D eigenvalue weighted by molar-refractivity contribution is 9.10. The molecule has 1 aromatic heterocycles. The van der Waals surface area contributed by atoms with Crippen LogP contribution >= 0.6 is 15.9 Å². The lowest BCUT2D eigenvalue weighted by Gasteiger charge is -2.11. The molecule has 0 fully saturated rings. The highest BCUT2D eigenvalue weighted by Gasteiger charge is 2.08. The summed E-state index contributed by atoms with van der Waals surface area (Å²) in [5.41, 5.74) is 3.23. The second kappa shape index (κ2) is 5.78. The molecule has 0 bridgehead atoms. The van der Waals surface area contributed by atoms with Crippen molar-refractivity contribution >= 4 is 44.7 Å². The van der Waals surface area contributed by atoms with Crippen LogP contribution in [0.2, 0.25) is 0 Å². The van der Waals surface area contributed by atoms with Crippen LogP contribution in [0, 0.1) is 0 Å². The molecule has 2 aromatic carbocycles. The molecular formula is C18H16BrNO. The summed E-state index contributed by atoms with van der Waals surface area (Å²) in [5, 5.41) is 1.10. The smallest absolute Gasteiger partial charge is 0.142 e. The Kier molecular flexibility index (Phi) is 3.84. The molecule has 0 spiro atoms. The second-order valence-electron chi connectivity index (χ2n) is 5.10. The summed E-state index contributed by atoms with van der Waals surface area (Å²) in [6.07, 6.45) is 4.05. The Morgan fingerprint density at radius 3 is 2.33 bits per heavy atom. The molecule has 0 radical (unpaired) electrons. The Labute approximate surface area is 132 Å².